The molecule has 0 bridgehead atoms. The molecule has 1 fully saturated rings. The third-order valence-corrected chi connectivity index (χ3v) is 3.76. The highest BCUT2D eigenvalue weighted by atomic mass is 16.4. The van der Waals surface area contributed by atoms with Crippen molar-refractivity contribution in [1.82, 2.24) is 10.3 Å². The van der Waals surface area contributed by atoms with E-state index in [4.69, 9.17) is 4.42 Å². The SMILES string of the molecule is O=C(NCC(O)c1ccco1)Nc1ccc(N2CCCC2)nc1. The molecule has 3 heterocycles. The summed E-state index contributed by atoms with van der Waals surface area (Å²) in [7, 11) is 0. The first-order valence-electron chi connectivity index (χ1n) is 7.70. The van der Waals surface area contributed by atoms with E-state index in [1.165, 1.54) is 19.1 Å². The van der Waals surface area contributed by atoms with Crippen LogP contribution in [0.25, 0.3) is 0 Å². The number of pyridine rings is 1. The van der Waals surface area contributed by atoms with Crippen molar-refractivity contribution < 1.29 is 14.3 Å². The van der Waals surface area contributed by atoms with Gasteiger partial charge in [-0.15, -0.1) is 0 Å². The zero-order chi connectivity index (χ0) is 16.1. The molecule has 3 N–H and O–H groups in total. The third kappa shape index (κ3) is 4.01. The van der Waals surface area contributed by atoms with Gasteiger partial charge in [0.2, 0.25) is 0 Å². The van der Waals surface area contributed by atoms with Gasteiger partial charge in [-0.1, -0.05) is 0 Å². The lowest BCUT2D eigenvalue weighted by Gasteiger charge is -2.16. The molecule has 122 valence electrons. The minimum absolute atomic E-state index is 0.0681. The Balaban J connectivity index is 1.47. The van der Waals surface area contributed by atoms with Crippen LogP contribution in [0.5, 0.6) is 0 Å². The Kier molecular flexibility index (Phi) is 4.77. The Labute approximate surface area is 134 Å². The first-order valence-corrected chi connectivity index (χ1v) is 7.70. The maximum absolute atomic E-state index is 11.8. The van der Waals surface area contributed by atoms with Crippen LogP contribution in [0.2, 0.25) is 0 Å². The van der Waals surface area contributed by atoms with Crippen molar-refractivity contribution in [3.05, 3.63) is 42.5 Å². The van der Waals surface area contributed by atoms with Gasteiger partial charge in [0.25, 0.3) is 0 Å². The fraction of sp³-hybridized carbons (Fsp3) is 0.375. The molecule has 23 heavy (non-hydrogen) atoms. The minimum Gasteiger partial charge on any atom is -0.467 e. The average molecular weight is 316 g/mol. The van der Waals surface area contributed by atoms with E-state index >= 15 is 0 Å². The van der Waals surface area contributed by atoms with Gasteiger partial charge in [0, 0.05) is 13.1 Å². The van der Waals surface area contributed by atoms with Crippen molar-refractivity contribution in [2.45, 2.75) is 18.9 Å². The zero-order valence-electron chi connectivity index (χ0n) is 12.7. The summed E-state index contributed by atoms with van der Waals surface area (Å²) in [6, 6.07) is 6.67. The molecule has 1 unspecified atom stereocenters. The zero-order valence-corrected chi connectivity index (χ0v) is 12.7. The van der Waals surface area contributed by atoms with Crippen LogP contribution in [0.15, 0.2) is 41.1 Å². The topological polar surface area (TPSA) is 90.6 Å². The number of carbonyl (C=O) groups excluding carboxylic acids is 1. The highest BCUT2D eigenvalue weighted by Crippen LogP contribution is 2.19. The van der Waals surface area contributed by atoms with Crippen molar-refractivity contribution in [2.24, 2.45) is 0 Å². The molecule has 7 heteroatoms. The van der Waals surface area contributed by atoms with E-state index in [2.05, 4.69) is 20.5 Å². The largest absolute Gasteiger partial charge is 0.467 e. The normalized spacial score (nSPS) is 15.4. The Hall–Kier alpha value is -2.54. The smallest absolute Gasteiger partial charge is 0.319 e. The van der Waals surface area contributed by atoms with Crippen molar-refractivity contribution in [2.75, 3.05) is 29.9 Å². The van der Waals surface area contributed by atoms with Crippen molar-refractivity contribution in [3.8, 4) is 0 Å². The van der Waals surface area contributed by atoms with Crippen LogP contribution < -0.4 is 15.5 Å². The summed E-state index contributed by atoms with van der Waals surface area (Å²) in [6.07, 6.45) is 4.64. The lowest BCUT2D eigenvalue weighted by Crippen LogP contribution is -2.32. The molecule has 0 spiro atoms. The summed E-state index contributed by atoms with van der Waals surface area (Å²) >= 11 is 0. The summed E-state index contributed by atoms with van der Waals surface area (Å²) in [6.45, 7) is 2.13. The summed E-state index contributed by atoms with van der Waals surface area (Å²) < 4.78 is 5.07. The quantitative estimate of drug-likeness (QED) is 0.786. The summed E-state index contributed by atoms with van der Waals surface area (Å²) in [5.74, 6) is 1.35. The molecule has 1 aliphatic rings. The van der Waals surface area contributed by atoms with Crippen LogP contribution in [0, 0.1) is 0 Å². The van der Waals surface area contributed by atoms with E-state index in [0.29, 0.717) is 11.4 Å². The molecule has 1 atom stereocenters. The fourth-order valence-electron chi connectivity index (χ4n) is 2.54. The second-order valence-electron chi connectivity index (χ2n) is 5.47. The molecule has 2 aromatic rings. The summed E-state index contributed by atoms with van der Waals surface area (Å²) in [4.78, 5) is 18.4. The number of anilines is 2. The number of aromatic nitrogens is 1. The first kappa shape index (κ1) is 15.4. The predicted molar refractivity (Wildman–Crippen MR) is 86.4 cm³/mol. The standard InChI is InChI=1S/C16H20N4O3/c21-13(14-4-3-9-23-14)11-18-16(22)19-12-5-6-15(17-10-12)20-7-1-2-8-20/h3-6,9-10,13,21H,1-2,7-8,11H2,(H2,18,19,22). The second-order valence-corrected chi connectivity index (χ2v) is 5.47. The van der Waals surface area contributed by atoms with E-state index in [-0.39, 0.29) is 6.54 Å². The number of nitrogens with zero attached hydrogens (tertiary/aromatic N) is 2. The van der Waals surface area contributed by atoms with Crippen LogP contribution in [-0.4, -0.2) is 35.8 Å². The summed E-state index contributed by atoms with van der Waals surface area (Å²) in [5, 5.41) is 15.1. The fourth-order valence-corrected chi connectivity index (χ4v) is 2.54. The lowest BCUT2D eigenvalue weighted by molar-refractivity contribution is 0.149. The number of carbonyl (C=O) groups is 1. The Morgan fingerprint density at radius 3 is 2.83 bits per heavy atom. The Morgan fingerprint density at radius 2 is 2.17 bits per heavy atom. The van der Waals surface area contributed by atoms with Gasteiger partial charge in [0.05, 0.1) is 24.7 Å². The number of hydrogen-bond donors (Lipinski definition) is 3. The minimum atomic E-state index is -0.869. The highest BCUT2D eigenvalue weighted by molar-refractivity contribution is 5.89. The van der Waals surface area contributed by atoms with Gasteiger partial charge in [0.1, 0.15) is 17.7 Å². The number of hydrogen-bond acceptors (Lipinski definition) is 5. The van der Waals surface area contributed by atoms with Gasteiger partial charge in [-0.3, -0.25) is 0 Å². The van der Waals surface area contributed by atoms with Gasteiger partial charge in [-0.2, -0.15) is 0 Å². The third-order valence-electron chi connectivity index (χ3n) is 3.76. The molecule has 0 radical (unpaired) electrons. The molecular formula is C16H20N4O3. The first-order chi connectivity index (χ1) is 11.2. The van der Waals surface area contributed by atoms with Gasteiger partial charge in [-0.25, -0.2) is 9.78 Å². The van der Waals surface area contributed by atoms with Crippen LogP contribution in [-0.2, 0) is 0 Å². The van der Waals surface area contributed by atoms with Crippen LogP contribution in [0.1, 0.15) is 24.7 Å². The van der Waals surface area contributed by atoms with E-state index in [1.54, 1.807) is 18.3 Å². The van der Waals surface area contributed by atoms with Gasteiger partial charge >= 0.3 is 6.03 Å². The molecule has 0 aromatic carbocycles. The van der Waals surface area contributed by atoms with Gasteiger partial charge in [0.15, 0.2) is 0 Å². The number of amides is 2. The van der Waals surface area contributed by atoms with Crippen LogP contribution >= 0.6 is 0 Å². The summed E-state index contributed by atoms with van der Waals surface area (Å²) in [5.41, 5.74) is 0.609. The second kappa shape index (κ2) is 7.15. The number of rotatable bonds is 5. The van der Waals surface area contributed by atoms with Gasteiger partial charge < -0.3 is 25.1 Å². The van der Waals surface area contributed by atoms with Gasteiger partial charge in [-0.05, 0) is 37.1 Å². The maximum Gasteiger partial charge on any atom is 0.319 e. The molecule has 1 saturated heterocycles. The molecule has 0 saturated carbocycles. The number of aliphatic hydroxyl groups excluding tert-OH is 1. The Morgan fingerprint density at radius 1 is 1.35 bits per heavy atom. The van der Waals surface area contributed by atoms with E-state index in [9.17, 15) is 9.90 Å². The van der Waals surface area contributed by atoms with Crippen LogP contribution in [0.3, 0.4) is 0 Å². The predicted octanol–water partition coefficient (Wildman–Crippen LogP) is 2.13. The number of urea groups is 1. The van der Waals surface area contributed by atoms with Crippen molar-refractivity contribution in [3.63, 3.8) is 0 Å². The lowest BCUT2D eigenvalue weighted by atomic mass is 10.3. The monoisotopic (exact) mass is 316 g/mol. The van der Waals surface area contributed by atoms with Crippen molar-refractivity contribution >= 4 is 17.5 Å². The van der Waals surface area contributed by atoms with Crippen LogP contribution in [0.4, 0.5) is 16.3 Å². The molecule has 7 nitrogen and oxygen atoms in total. The maximum atomic E-state index is 11.8. The molecular weight excluding hydrogens is 296 g/mol. The van der Waals surface area contributed by atoms with E-state index in [1.807, 2.05) is 12.1 Å². The Bertz CT molecular complexity index is 621. The molecule has 1 aliphatic heterocycles. The van der Waals surface area contributed by atoms with E-state index in [0.717, 1.165) is 18.9 Å². The number of aliphatic hydroxyl groups is 1. The molecule has 2 amide bonds. The van der Waals surface area contributed by atoms with Crippen molar-refractivity contribution in [1.29, 1.82) is 0 Å². The van der Waals surface area contributed by atoms with E-state index < -0.39 is 12.1 Å². The number of furan rings is 1. The highest BCUT2D eigenvalue weighted by Gasteiger charge is 2.14. The molecule has 3 rings (SSSR count). The number of nitrogens with one attached hydrogen (secondary N) is 2. The molecule has 0 aliphatic carbocycles. The molecule has 2 aromatic heterocycles. The average Bonchev–Trinajstić information content (AvgIpc) is 3.26.